The van der Waals surface area contributed by atoms with E-state index in [1.807, 2.05) is 11.8 Å². The molecule has 2 aromatic rings. The summed E-state index contributed by atoms with van der Waals surface area (Å²) in [6.45, 7) is 3.96. The fraction of sp³-hybridized carbons (Fsp3) is 0.444. The first-order valence-electron chi connectivity index (χ1n) is 8.38. The molecule has 1 aromatic heterocycles. The first-order chi connectivity index (χ1) is 11.5. The van der Waals surface area contributed by atoms with Gasteiger partial charge in [-0.3, -0.25) is 4.79 Å². The monoisotopic (exact) mass is 332 g/mol. The molecule has 0 saturated carbocycles. The van der Waals surface area contributed by atoms with Crippen LogP contribution in [0.1, 0.15) is 43.0 Å². The zero-order valence-electron chi connectivity index (χ0n) is 13.7. The van der Waals surface area contributed by atoms with Crippen molar-refractivity contribution >= 4 is 22.6 Å². The average molecular weight is 332 g/mol. The van der Waals surface area contributed by atoms with Crippen LogP contribution >= 0.6 is 0 Å². The molecule has 24 heavy (non-hydrogen) atoms. The van der Waals surface area contributed by atoms with Gasteiger partial charge >= 0.3 is 5.97 Å². The van der Waals surface area contributed by atoms with Crippen molar-refractivity contribution in [3.8, 4) is 0 Å². The molecule has 128 valence electrons. The van der Waals surface area contributed by atoms with E-state index in [1.54, 1.807) is 10.6 Å². The van der Waals surface area contributed by atoms with E-state index in [1.165, 1.54) is 12.3 Å². The van der Waals surface area contributed by atoms with E-state index in [0.717, 1.165) is 38.8 Å². The summed E-state index contributed by atoms with van der Waals surface area (Å²) in [6.07, 6.45) is 5.68. The predicted octanol–water partition coefficient (Wildman–Crippen LogP) is 3.24. The van der Waals surface area contributed by atoms with Gasteiger partial charge in [0.15, 0.2) is 0 Å². The number of anilines is 1. The summed E-state index contributed by atoms with van der Waals surface area (Å²) in [6, 6.07) is 2.88. The van der Waals surface area contributed by atoms with Gasteiger partial charge in [-0.15, -0.1) is 0 Å². The lowest BCUT2D eigenvalue weighted by molar-refractivity contribution is 0.0695. The third-order valence-electron chi connectivity index (χ3n) is 4.67. The van der Waals surface area contributed by atoms with Crippen LogP contribution < -0.4 is 10.3 Å². The summed E-state index contributed by atoms with van der Waals surface area (Å²) in [5.41, 5.74) is 0.108. The van der Waals surface area contributed by atoms with Gasteiger partial charge in [-0.2, -0.15) is 0 Å². The number of halogens is 1. The minimum absolute atomic E-state index is 0.118. The van der Waals surface area contributed by atoms with E-state index < -0.39 is 17.2 Å². The van der Waals surface area contributed by atoms with Crippen LogP contribution in [0.3, 0.4) is 0 Å². The highest BCUT2D eigenvalue weighted by Crippen LogP contribution is 2.27. The van der Waals surface area contributed by atoms with Gasteiger partial charge in [0.2, 0.25) is 5.43 Å². The number of aromatic nitrogens is 1. The van der Waals surface area contributed by atoms with Crippen LogP contribution in [0.5, 0.6) is 0 Å². The number of carbonyl (C=O) groups is 1. The lowest BCUT2D eigenvalue weighted by Crippen LogP contribution is -2.25. The van der Waals surface area contributed by atoms with E-state index in [4.69, 9.17) is 0 Å². The van der Waals surface area contributed by atoms with Gasteiger partial charge in [0.05, 0.1) is 11.2 Å². The standard InChI is InChI=1S/C18H21FN2O3/c1-2-20-11-13(18(23)24)17(22)12-9-14(19)16(10-15(12)20)21-7-5-3-4-6-8-21/h9-11H,2-8H2,1H3,(H,23,24). The molecule has 6 heteroatoms. The van der Waals surface area contributed by atoms with Crippen molar-refractivity contribution in [2.45, 2.75) is 39.2 Å². The van der Waals surface area contributed by atoms with Crippen LogP contribution in [-0.4, -0.2) is 28.7 Å². The summed E-state index contributed by atoms with van der Waals surface area (Å²) < 4.78 is 16.3. The summed E-state index contributed by atoms with van der Waals surface area (Å²) >= 11 is 0. The zero-order valence-corrected chi connectivity index (χ0v) is 13.7. The first kappa shape index (κ1) is 16.5. The summed E-state index contributed by atoms with van der Waals surface area (Å²) in [4.78, 5) is 25.6. The molecular formula is C18H21FN2O3. The number of pyridine rings is 1. The molecule has 0 atom stereocenters. The molecule has 5 nitrogen and oxygen atoms in total. The molecule has 1 aromatic carbocycles. The molecule has 0 spiro atoms. The van der Waals surface area contributed by atoms with Crippen molar-refractivity contribution in [3.05, 3.63) is 39.9 Å². The van der Waals surface area contributed by atoms with Crippen molar-refractivity contribution in [2.75, 3.05) is 18.0 Å². The van der Waals surface area contributed by atoms with Gasteiger partial charge in [-0.25, -0.2) is 9.18 Å². The number of rotatable bonds is 3. The van der Waals surface area contributed by atoms with E-state index >= 15 is 0 Å². The van der Waals surface area contributed by atoms with Crippen molar-refractivity contribution in [2.24, 2.45) is 0 Å². The second-order valence-electron chi connectivity index (χ2n) is 6.19. The topological polar surface area (TPSA) is 62.5 Å². The Labute approximate surface area is 139 Å². The Morgan fingerprint density at radius 3 is 2.46 bits per heavy atom. The smallest absolute Gasteiger partial charge is 0.341 e. The van der Waals surface area contributed by atoms with Gasteiger partial charge in [0.25, 0.3) is 0 Å². The van der Waals surface area contributed by atoms with Crippen LogP contribution in [0.2, 0.25) is 0 Å². The molecule has 0 unspecified atom stereocenters. The number of carboxylic acids is 1. The Kier molecular flexibility index (Phi) is 4.55. The minimum Gasteiger partial charge on any atom is -0.477 e. The molecule has 0 radical (unpaired) electrons. The fourth-order valence-corrected chi connectivity index (χ4v) is 3.37. The minimum atomic E-state index is -1.29. The molecule has 1 aliphatic heterocycles. The highest BCUT2D eigenvalue weighted by molar-refractivity contribution is 5.93. The third-order valence-corrected chi connectivity index (χ3v) is 4.67. The lowest BCUT2D eigenvalue weighted by Gasteiger charge is -2.24. The summed E-state index contributed by atoms with van der Waals surface area (Å²) in [5.74, 6) is -1.76. The number of hydrogen-bond donors (Lipinski definition) is 1. The molecule has 3 rings (SSSR count). The molecule has 0 aliphatic carbocycles. The third kappa shape index (κ3) is 2.88. The Bertz CT molecular complexity index is 836. The van der Waals surface area contributed by atoms with Gasteiger partial charge in [0.1, 0.15) is 11.4 Å². The zero-order chi connectivity index (χ0) is 17.3. The van der Waals surface area contributed by atoms with E-state index in [2.05, 4.69) is 0 Å². The Hall–Kier alpha value is -2.37. The second-order valence-corrected chi connectivity index (χ2v) is 6.19. The highest BCUT2D eigenvalue weighted by atomic mass is 19.1. The fourth-order valence-electron chi connectivity index (χ4n) is 3.37. The number of fused-ring (bicyclic) bond motifs is 1. The molecular weight excluding hydrogens is 311 g/mol. The van der Waals surface area contributed by atoms with Crippen molar-refractivity contribution in [3.63, 3.8) is 0 Å². The van der Waals surface area contributed by atoms with Crippen LogP contribution in [0.4, 0.5) is 10.1 Å². The summed E-state index contributed by atoms with van der Waals surface area (Å²) in [5, 5.41) is 9.31. The van der Waals surface area contributed by atoms with Gasteiger partial charge in [0, 0.05) is 31.2 Å². The molecule has 1 N–H and O–H groups in total. The second kappa shape index (κ2) is 6.63. The number of nitrogens with zero attached hydrogens (tertiary/aromatic N) is 2. The number of carboxylic acid groups (broad SMARTS) is 1. The number of aryl methyl sites for hydroxylation is 1. The Morgan fingerprint density at radius 1 is 1.21 bits per heavy atom. The normalized spacial score (nSPS) is 15.5. The van der Waals surface area contributed by atoms with Crippen LogP contribution in [0.25, 0.3) is 10.9 Å². The van der Waals surface area contributed by atoms with E-state index in [0.29, 0.717) is 17.7 Å². The SMILES string of the molecule is CCn1cc(C(=O)O)c(=O)c2cc(F)c(N3CCCCCC3)cc21. The number of hydrogen-bond acceptors (Lipinski definition) is 3. The molecule has 2 heterocycles. The molecule has 0 bridgehead atoms. The van der Waals surface area contributed by atoms with Crippen LogP contribution in [0.15, 0.2) is 23.1 Å². The lowest BCUT2D eigenvalue weighted by atomic mass is 10.1. The summed E-state index contributed by atoms with van der Waals surface area (Å²) in [7, 11) is 0. The van der Waals surface area contributed by atoms with E-state index in [9.17, 15) is 19.1 Å². The molecule has 1 saturated heterocycles. The molecule has 0 amide bonds. The maximum atomic E-state index is 14.6. The number of aromatic carboxylic acids is 1. The van der Waals surface area contributed by atoms with Crippen LogP contribution in [-0.2, 0) is 6.54 Å². The van der Waals surface area contributed by atoms with Crippen molar-refractivity contribution in [1.29, 1.82) is 0 Å². The molecule has 1 aliphatic rings. The van der Waals surface area contributed by atoms with Gasteiger partial charge < -0.3 is 14.6 Å². The van der Waals surface area contributed by atoms with E-state index in [-0.39, 0.29) is 10.9 Å². The Balaban J connectivity index is 2.21. The largest absolute Gasteiger partial charge is 0.477 e. The van der Waals surface area contributed by atoms with Gasteiger partial charge in [-0.05, 0) is 31.9 Å². The predicted molar refractivity (Wildman–Crippen MR) is 91.5 cm³/mol. The van der Waals surface area contributed by atoms with Crippen molar-refractivity contribution < 1.29 is 14.3 Å². The van der Waals surface area contributed by atoms with Crippen LogP contribution in [0, 0.1) is 5.82 Å². The van der Waals surface area contributed by atoms with Crippen molar-refractivity contribution in [1.82, 2.24) is 4.57 Å². The maximum absolute atomic E-state index is 14.6. The first-order valence-corrected chi connectivity index (χ1v) is 8.38. The average Bonchev–Trinajstić information content (AvgIpc) is 2.84. The maximum Gasteiger partial charge on any atom is 0.341 e. The number of benzene rings is 1. The quantitative estimate of drug-likeness (QED) is 0.937. The highest BCUT2D eigenvalue weighted by Gasteiger charge is 2.19. The Morgan fingerprint density at radius 2 is 1.88 bits per heavy atom. The molecule has 1 fully saturated rings. The van der Waals surface area contributed by atoms with Gasteiger partial charge in [-0.1, -0.05) is 12.8 Å².